The molecule has 0 aliphatic rings. The molecule has 0 N–H and O–H groups in total. The summed E-state index contributed by atoms with van der Waals surface area (Å²) in [5.41, 5.74) is 2.30. The van der Waals surface area contributed by atoms with Gasteiger partial charge in [0.25, 0.3) is 0 Å². The molecule has 0 aliphatic carbocycles. The Morgan fingerprint density at radius 3 is 2.10 bits per heavy atom. The molecule has 0 aromatic heterocycles. The monoisotopic (exact) mass is 283 g/mol. The highest BCUT2D eigenvalue weighted by Crippen LogP contribution is 2.08. The van der Waals surface area contributed by atoms with Crippen molar-refractivity contribution in [1.29, 1.82) is 0 Å². The molecule has 2 rings (SSSR count). The molecule has 0 spiro atoms. The first-order valence-electron chi connectivity index (χ1n) is 6.40. The third-order valence-corrected chi connectivity index (χ3v) is 2.62. The second kappa shape index (κ2) is 9.76. The molecule has 0 heterocycles. The summed E-state index contributed by atoms with van der Waals surface area (Å²) >= 11 is 0. The number of para-hydroxylation sites is 1. The van der Waals surface area contributed by atoms with Crippen LogP contribution in [-0.2, 0) is 6.42 Å². The molecular weight excluding hydrogens is 266 g/mol. The maximum absolute atomic E-state index is 4.32. The molecule has 2 aromatic carbocycles. The molecule has 1 nitrogen and oxygen atoms in total. The van der Waals surface area contributed by atoms with Crippen LogP contribution in [0.2, 0.25) is 0 Å². The molecule has 20 heavy (non-hydrogen) atoms. The molecule has 2 aromatic rings. The van der Waals surface area contributed by atoms with E-state index >= 15 is 0 Å². The Hall–Kier alpha value is -2.12. The lowest BCUT2D eigenvalue weighted by Gasteiger charge is -1.92. The fourth-order valence-corrected chi connectivity index (χ4v) is 1.65. The van der Waals surface area contributed by atoms with E-state index in [0.29, 0.717) is 0 Å². The van der Waals surface area contributed by atoms with Crippen LogP contribution in [0.25, 0.3) is 0 Å². The van der Waals surface area contributed by atoms with Gasteiger partial charge in [-0.3, -0.25) is 4.99 Å². The molecule has 0 fully saturated rings. The first-order valence-corrected chi connectivity index (χ1v) is 6.40. The maximum atomic E-state index is 4.32. The van der Waals surface area contributed by atoms with Crippen molar-refractivity contribution in [3.63, 3.8) is 0 Å². The predicted octanol–water partition coefficient (Wildman–Crippen LogP) is 5.17. The van der Waals surface area contributed by atoms with Crippen LogP contribution in [0.3, 0.4) is 0 Å². The van der Waals surface area contributed by atoms with Crippen molar-refractivity contribution in [3.8, 4) is 0 Å². The quantitative estimate of drug-likeness (QED) is 0.530. The van der Waals surface area contributed by atoms with E-state index < -0.39 is 0 Å². The minimum atomic E-state index is 0. The Morgan fingerprint density at radius 1 is 0.750 bits per heavy atom. The molecule has 0 atom stereocenters. The molecule has 2 heteroatoms. The third kappa shape index (κ3) is 6.17. The van der Waals surface area contributed by atoms with Crippen LogP contribution >= 0.6 is 12.4 Å². The van der Waals surface area contributed by atoms with Crippen LogP contribution in [0.4, 0.5) is 5.69 Å². The summed E-state index contributed by atoms with van der Waals surface area (Å²) in [5.74, 6) is 0. The minimum Gasteiger partial charge on any atom is -0.257 e. The number of rotatable bonds is 5. The van der Waals surface area contributed by atoms with Crippen molar-refractivity contribution < 1.29 is 0 Å². The minimum absolute atomic E-state index is 0. The molecule has 0 radical (unpaired) electrons. The molecule has 102 valence electrons. The van der Waals surface area contributed by atoms with E-state index in [-0.39, 0.29) is 12.4 Å². The fourth-order valence-electron chi connectivity index (χ4n) is 1.65. The Balaban J connectivity index is 0.00000200. The van der Waals surface area contributed by atoms with E-state index in [4.69, 9.17) is 0 Å². The van der Waals surface area contributed by atoms with E-state index in [1.165, 1.54) is 5.56 Å². The zero-order valence-corrected chi connectivity index (χ0v) is 12.0. The smallest absolute Gasteiger partial charge is 0.0629 e. The van der Waals surface area contributed by atoms with Gasteiger partial charge in [-0.1, -0.05) is 66.8 Å². The van der Waals surface area contributed by atoms with Crippen LogP contribution in [0.15, 0.2) is 90.0 Å². The van der Waals surface area contributed by atoms with Gasteiger partial charge in [0.15, 0.2) is 0 Å². The van der Waals surface area contributed by atoms with Gasteiger partial charge in [0.2, 0.25) is 0 Å². The predicted molar refractivity (Wildman–Crippen MR) is 90.3 cm³/mol. The van der Waals surface area contributed by atoms with Crippen molar-refractivity contribution in [1.82, 2.24) is 0 Å². The number of allylic oxidation sites excluding steroid dienone is 4. The van der Waals surface area contributed by atoms with Crippen molar-refractivity contribution in [2.45, 2.75) is 6.42 Å². The van der Waals surface area contributed by atoms with Crippen LogP contribution in [0, 0.1) is 0 Å². The second-order valence-electron chi connectivity index (χ2n) is 4.12. The molecule has 0 unspecified atom stereocenters. The molecule has 0 saturated carbocycles. The summed E-state index contributed by atoms with van der Waals surface area (Å²) in [6.07, 6.45) is 10.9. The molecule has 0 aliphatic heterocycles. The summed E-state index contributed by atoms with van der Waals surface area (Å²) in [4.78, 5) is 4.32. The highest BCUT2D eigenvalue weighted by atomic mass is 35.5. The number of aliphatic imine (C=N–C) groups is 1. The molecule has 0 saturated heterocycles. The Labute approximate surface area is 126 Å². The summed E-state index contributed by atoms with van der Waals surface area (Å²) in [7, 11) is 0. The lowest BCUT2D eigenvalue weighted by atomic mass is 10.1. The van der Waals surface area contributed by atoms with Crippen LogP contribution in [0.1, 0.15) is 5.56 Å². The van der Waals surface area contributed by atoms with Crippen LogP contribution in [0.5, 0.6) is 0 Å². The Bertz CT molecular complexity index is 556. The standard InChI is InChI=1S/C18H17N.ClH/c1(5-11-17-12-6-3-7-13-17)2-10-16-19-18-14-8-4-9-15-18;/h1-10,12-16H,11H2;1H/b5-1+,10-2+,19-16?;. The van der Waals surface area contributed by atoms with E-state index in [2.05, 4.69) is 35.3 Å². The highest BCUT2D eigenvalue weighted by Gasteiger charge is 1.84. The topological polar surface area (TPSA) is 12.4 Å². The Morgan fingerprint density at radius 2 is 1.40 bits per heavy atom. The highest BCUT2D eigenvalue weighted by molar-refractivity contribution is 5.85. The first kappa shape index (κ1) is 15.9. The molecular formula is C18H18ClN. The summed E-state index contributed by atoms with van der Waals surface area (Å²) in [6, 6.07) is 20.3. The first-order chi connectivity index (χ1) is 9.45. The van der Waals surface area contributed by atoms with Gasteiger partial charge < -0.3 is 0 Å². The van der Waals surface area contributed by atoms with Crippen molar-refractivity contribution in [2.24, 2.45) is 4.99 Å². The number of hydrogen-bond donors (Lipinski definition) is 0. The molecule has 0 bridgehead atoms. The van der Waals surface area contributed by atoms with E-state index in [1.54, 1.807) is 0 Å². The molecule has 0 amide bonds. The van der Waals surface area contributed by atoms with E-state index in [9.17, 15) is 0 Å². The van der Waals surface area contributed by atoms with E-state index in [0.717, 1.165) is 12.1 Å². The lowest BCUT2D eigenvalue weighted by Crippen LogP contribution is -1.77. The number of benzene rings is 2. The van der Waals surface area contributed by atoms with Gasteiger partial charge >= 0.3 is 0 Å². The van der Waals surface area contributed by atoms with E-state index in [1.807, 2.05) is 60.8 Å². The summed E-state index contributed by atoms with van der Waals surface area (Å²) in [6.45, 7) is 0. The number of hydrogen-bond acceptors (Lipinski definition) is 1. The maximum Gasteiger partial charge on any atom is 0.0629 e. The van der Waals surface area contributed by atoms with Gasteiger partial charge in [0.1, 0.15) is 0 Å². The SMILES string of the molecule is C(/C=C/C=C/Cc1ccccc1)=Nc1ccccc1.Cl. The normalized spacial score (nSPS) is 11.2. The zero-order valence-electron chi connectivity index (χ0n) is 11.2. The second-order valence-corrected chi connectivity index (χ2v) is 4.12. The average Bonchev–Trinajstić information content (AvgIpc) is 2.48. The average molecular weight is 284 g/mol. The number of nitrogens with zero attached hydrogens (tertiary/aromatic N) is 1. The van der Waals surface area contributed by atoms with Crippen LogP contribution < -0.4 is 0 Å². The summed E-state index contributed by atoms with van der Waals surface area (Å²) in [5, 5.41) is 0. The largest absolute Gasteiger partial charge is 0.257 e. The van der Waals surface area contributed by atoms with Gasteiger partial charge in [-0.25, -0.2) is 0 Å². The van der Waals surface area contributed by atoms with Gasteiger partial charge in [0, 0.05) is 6.21 Å². The van der Waals surface area contributed by atoms with Crippen LogP contribution in [-0.4, -0.2) is 6.21 Å². The van der Waals surface area contributed by atoms with Gasteiger partial charge in [-0.15, -0.1) is 12.4 Å². The van der Waals surface area contributed by atoms with Gasteiger partial charge in [-0.2, -0.15) is 0 Å². The Kier molecular flexibility index (Phi) is 7.78. The third-order valence-electron chi connectivity index (χ3n) is 2.62. The number of halogens is 1. The van der Waals surface area contributed by atoms with Crippen molar-refractivity contribution in [3.05, 3.63) is 90.5 Å². The van der Waals surface area contributed by atoms with Gasteiger partial charge in [0.05, 0.1) is 5.69 Å². The lowest BCUT2D eigenvalue weighted by molar-refractivity contribution is 1.27. The van der Waals surface area contributed by atoms with Crippen molar-refractivity contribution in [2.75, 3.05) is 0 Å². The summed E-state index contributed by atoms with van der Waals surface area (Å²) < 4.78 is 0. The van der Waals surface area contributed by atoms with Crippen molar-refractivity contribution >= 4 is 24.3 Å². The van der Waals surface area contributed by atoms with Gasteiger partial charge in [-0.05, 0) is 30.2 Å². The zero-order chi connectivity index (χ0) is 13.2. The fraction of sp³-hybridized carbons (Fsp3) is 0.0556.